The number of rotatable bonds is 4. The zero-order valence-corrected chi connectivity index (χ0v) is 14.9. The van der Waals surface area contributed by atoms with Crippen LogP contribution in [0.3, 0.4) is 0 Å². The first-order chi connectivity index (χ1) is 11.7. The molecule has 24 heavy (non-hydrogen) atoms. The lowest BCUT2D eigenvalue weighted by atomic mass is 10.1. The number of aryl methyl sites for hydroxylation is 1. The van der Waals surface area contributed by atoms with Crippen LogP contribution < -0.4 is 9.47 Å². The van der Waals surface area contributed by atoms with Crippen LogP contribution in [-0.4, -0.2) is 37.3 Å². The summed E-state index contributed by atoms with van der Waals surface area (Å²) < 4.78 is 10.9. The summed E-state index contributed by atoms with van der Waals surface area (Å²) in [7, 11) is 3.29. The monoisotopic (exact) mass is 343 g/mol. The number of carbonyl (C=O) groups is 1. The Kier molecular flexibility index (Phi) is 5.00. The maximum absolute atomic E-state index is 13.0. The highest BCUT2D eigenvalue weighted by Crippen LogP contribution is 2.43. The Morgan fingerprint density at radius 1 is 1.17 bits per heavy atom. The van der Waals surface area contributed by atoms with E-state index in [0.717, 1.165) is 40.5 Å². The van der Waals surface area contributed by atoms with Gasteiger partial charge in [0.15, 0.2) is 0 Å². The van der Waals surface area contributed by atoms with Crippen LogP contribution in [0.25, 0.3) is 0 Å². The van der Waals surface area contributed by atoms with E-state index in [2.05, 4.69) is 0 Å². The van der Waals surface area contributed by atoms with Gasteiger partial charge in [-0.2, -0.15) is 0 Å². The molecule has 5 heteroatoms. The van der Waals surface area contributed by atoms with Crippen LogP contribution in [0.15, 0.2) is 42.5 Å². The van der Waals surface area contributed by atoms with Crippen molar-refractivity contribution in [2.45, 2.75) is 12.3 Å². The van der Waals surface area contributed by atoms with Gasteiger partial charge in [-0.05, 0) is 36.8 Å². The molecule has 1 unspecified atom stereocenters. The highest BCUT2D eigenvalue weighted by Gasteiger charge is 2.33. The normalized spacial score (nSPS) is 17.0. The van der Waals surface area contributed by atoms with Crippen LogP contribution >= 0.6 is 11.8 Å². The van der Waals surface area contributed by atoms with Crippen LogP contribution in [-0.2, 0) is 0 Å². The van der Waals surface area contributed by atoms with E-state index in [-0.39, 0.29) is 11.3 Å². The highest BCUT2D eigenvalue weighted by molar-refractivity contribution is 7.99. The summed E-state index contributed by atoms with van der Waals surface area (Å²) in [6.45, 7) is 2.69. The molecule has 1 fully saturated rings. The van der Waals surface area contributed by atoms with Gasteiger partial charge < -0.3 is 14.4 Å². The second-order valence-corrected chi connectivity index (χ2v) is 6.83. The maximum Gasteiger partial charge on any atom is 0.255 e. The van der Waals surface area contributed by atoms with Gasteiger partial charge in [0, 0.05) is 23.4 Å². The summed E-state index contributed by atoms with van der Waals surface area (Å²) in [5.74, 6) is 2.51. The summed E-state index contributed by atoms with van der Waals surface area (Å²) in [6, 6.07) is 13.4. The number of hydrogen-bond donors (Lipinski definition) is 0. The average molecular weight is 343 g/mol. The van der Waals surface area contributed by atoms with E-state index in [1.54, 1.807) is 26.0 Å². The van der Waals surface area contributed by atoms with E-state index < -0.39 is 0 Å². The molecule has 1 aliphatic heterocycles. The minimum Gasteiger partial charge on any atom is -0.497 e. The van der Waals surface area contributed by atoms with Crippen molar-refractivity contribution in [3.63, 3.8) is 0 Å². The largest absolute Gasteiger partial charge is 0.497 e. The van der Waals surface area contributed by atoms with Crippen LogP contribution in [0, 0.1) is 6.92 Å². The molecular formula is C19H21NO3S. The Morgan fingerprint density at radius 3 is 2.67 bits per heavy atom. The molecular weight excluding hydrogens is 322 g/mol. The van der Waals surface area contributed by atoms with Crippen molar-refractivity contribution in [2.75, 3.05) is 26.5 Å². The third-order valence-corrected chi connectivity index (χ3v) is 5.47. The van der Waals surface area contributed by atoms with Crippen molar-refractivity contribution in [2.24, 2.45) is 0 Å². The zero-order chi connectivity index (χ0) is 17.1. The molecule has 1 amide bonds. The molecule has 3 rings (SSSR count). The van der Waals surface area contributed by atoms with E-state index in [4.69, 9.17) is 9.47 Å². The Labute approximate surface area is 146 Å². The number of benzene rings is 2. The molecule has 0 spiro atoms. The first-order valence-corrected chi connectivity index (χ1v) is 8.90. The molecule has 1 heterocycles. The standard InChI is InChI=1S/C19H21NO3S/c1-13-6-4-5-7-15(13)18(21)20-10-11-24-19(20)16-12-14(22-2)8-9-17(16)23-3/h4-9,12,19H,10-11H2,1-3H3. The number of nitrogens with zero attached hydrogens (tertiary/aromatic N) is 1. The van der Waals surface area contributed by atoms with Crippen molar-refractivity contribution < 1.29 is 14.3 Å². The van der Waals surface area contributed by atoms with Crippen molar-refractivity contribution >= 4 is 17.7 Å². The number of ether oxygens (including phenoxy) is 2. The van der Waals surface area contributed by atoms with Gasteiger partial charge in [0.2, 0.25) is 0 Å². The fraction of sp³-hybridized carbons (Fsp3) is 0.316. The molecule has 0 aliphatic carbocycles. The summed E-state index contributed by atoms with van der Waals surface area (Å²) in [5.41, 5.74) is 2.73. The summed E-state index contributed by atoms with van der Waals surface area (Å²) >= 11 is 1.75. The SMILES string of the molecule is COc1ccc(OC)c(C2SCCN2C(=O)c2ccccc2C)c1. The lowest BCUT2D eigenvalue weighted by molar-refractivity contribution is 0.0758. The maximum atomic E-state index is 13.0. The van der Waals surface area contributed by atoms with Gasteiger partial charge in [0.1, 0.15) is 16.9 Å². The molecule has 0 aromatic heterocycles. The molecule has 0 N–H and O–H groups in total. The van der Waals surface area contributed by atoms with Crippen LogP contribution in [0.4, 0.5) is 0 Å². The number of methoxy groups -OCH3 is 2. The van der Waals surface area contributed by atoms with Crippen molar-refractivity contribution in [3.8, 4) is 11.5 Å². The molecule has 2 aromatic carbocycles. The molecule has 1 aliphatic rings. The van der Waals surface area contributed by atoms with E-state index in [0.29, 0.717) is 0 Å². The quantitative estimate of drug-likeness (QED) is 0.844. The van der Waals surface area contributed by atoms with E-state index >= 15 is 0 Å². The van der Waals surface area contributed by atoms with Crippen LogP contribution in [0.5, 0.6) is 11.5 Å². The Balaban J connectivity index is 1.97. The minimum atomic E-state index is -0.0674. The lowest BCUT2D eigenvalue weighted by Gasteiger charge is -2.26. The van der Waals surface area contributed by atoms with Crippen molar-refractivity contribution in [3.05, 3.63) is 59.2 Å². The fourth-order valence-electron chi connectivity index (χ4n) is 2.94. The zero-order valence-electron chi connectivity index (χ0n) is 14.1. The predicted molar refractivity (Wildman–Crippen MR) is 97.0 cm³/mol. The average Bonchev–Trinajstić information content (AvgIpc) is 3.10. The third kappa shape index (κ3) is 3.08. The molecule has 1 atom stereocenters. The Bertz CT molecular complexity index is 747. The minimum absolute atomic E-state index is 0.0629. The topological polar surface area (TPSA) is 38.8 Å². The van der Waals surface area contributed by atoms with E-state index in [9.17, 15) is 4.79 Å². The summed E-state index contributed by atoms with van der Waals surface area (Å²) in [5, 5.41) is -0.0674. The van der Waals surface area contributed by atoms with Crippen molar-refractivity contribution in [1.29, 1.82) is 0 Å². The van der Waals surface area contributed by atoms with E-state index in [1.807, 2.05) is 54.3 Å². The lowest BCUT2D eigenvalue weighted by Crippen LogP contribution is -2.31. The number of thioether (sulfide) groups is 1. The molecule has 1 saturated heterocycles. The van der Waals surface area contributed by atoms with Crippen molar-refractivity contribution in [1.82, 2.24) is 4.90 Å². The second-order valence-electron chi connectivity index (χ2n) is 5.64. The molecule has 4 nitrogen and oxygen atoms in total. The third-order valence-electron chi connectivity index (χ3n) is 4.23. The van der Waals surface area contributed by atoms with Gasteiger partial charge in [-0.25, -0.2) is 0 Å². The molecule has 0 saturated carbocycles. The Morgan fingerprint density at radius 2 is 1.96 bits per heavy atom. The van der Waals surface area contributed by atoms with Gasteiger partial charge in [0.05, 0.1) is 14.2 Å². The van der Waals surface area contributed by atoms with Crippen LogP contribution in [0.2, 0.25) is 0 Å². The number of hydrogen-bond acceptors (Lipinski definition) is 4. The van der Waals surface area contributed by atoms with Gasteiger partial charge in [0.25, 0.3) is 5.91 Å². The van der Waals surface area contributed by atoms with Crippen LogP contribution in [0.1, 0.15) is 26.9 Å². The number of carbonyl (C=O) groups excluding carboxylic acids is 1. The second kappa shape index (κ2) is 7.18. The molecule has 0 bridgehead atoms. The Hall–Kier alpha value is -2.14. The number of amides is 1. The summed E-state index contributed by atoms with van der Waals surface area (Å²) in [4.78, 5) is 15.0. The fourth-order valence-corrected chi connectivity index (χ4v) is 4.21. The van der Waals surface area contributed by atoms with E-state index in [1.165, 1.54) is 0 Å². The van der Waals surface area contributed by atoms with Gasteiger partial charge in [-0.1, -0.05) is 18.2 Å². The van der Waals surface area contributed by atoms with Gasteiger partial charge in [-0.15, -0.1) is 11.8 Å². The smallest absolute Gasteiger partial charge is 0.255 e. The molecule has 126 valence electrons. The summed E-state index contributed by atoms with van der Waals surface area (Å²) in [6.07, 6.45) is 0. The first-order valence-electron chi connectivity index (χ1n) is 7.86. The molecule has 2 aromatic rings. The van der Waals surface area contributed by atoms with Gasteiger partial charge in [-0.3, -0.25) is 4.79 Å². The molecule has 0 radical (unpaired) electrons. The predicted octanol–water partition coefficient (Wildman–Crippen LogP) is 3.90. The van der Waals surface area contributed by atoms with Gasteiger partial charge >= 0.3 is 0 Å². The highest BCUT2D eigenvalue weighted by atomic mass is 32.2. The first kappa shape index (κ1) is 16.7.